The highest BCUT2D eigenvalue weighted by molar-refractivity contribution is 5.91. The second-order valence-electron chi connectivity index (χ2n) is 2.61. The van der Waals surface area contributed by atoms with Gasteiger partial charge < -0.3 is 9.73 Å². The zero-order valence-corrected chi connectivity index (χ0v) is 5.91. The van der Waals surface area contributed by atoms with Crippen LogP contribution in [-0.4, -0.2) is 16.9 Å². The average Bonchev–Trinajstić information content (AvgIpc) is 2.67. The van der Waals surface area contributed by atoms with Crippen LogP contribution < -0.4 is 5.32 Å². The van der Waals surface area contributed by atoms with Gasteiger partial charge in [-0.25, -0.2) is 4.98 Å². The molecule has 2 rings (SSSR count). The third-order valence-electron chi connectivity index (χ3n) is 1.57. The third kappa shape index (κ3) is 1.39. The summed E-state index contributed by atoms with van der Waals surface area (Å²) in [6.45, 7) is 0. The number of rotatable bonds is 2. The number of nitrogens with one attached hydrogen (secondary N) is 1. The number of carbonyl (C=O) groups is 1. The number of amides is 1. The van der Waals surface area contributed by atoms with Crippen LogP contribution in [0.2, 0.25) is 0 Å². The Labute approximate surface area is 63.6 Å². The molecule has 0 aliphatic heterocycles. The predicted octanol–water partition coefficient (Wildman–Crippen LogP) is 0.567. The van der Waals surface area contributed by atoms with Crippen LogP contribution in [0.4, 0.5) is 0 Å². The summed E-state index contributed by atoms with van der Waals surface area (Å²) in [5.41, 5.74) is 0. The molecule has 1 saturated carbocycles. The Balaban J connectivity index is 1.99. The van der Waals surface area contributed by atoms with Gasteiger partial charge in [0.15, 0.2) is 6.39 Å². The van der Waals surface area contributed by atoms with E-state index in [9.17, 15) is 4.79 Å². The Morgan fingerprint density at radius 2 is 2.55 bits per heavy atom. The first-order valence-electron chi connectivity index (χ1n) is 3.55. The molecular formula is C7H8N2O2. The molecule has 0 saturated heterocycles. The summed E-state index contributed by atoms with van der Waals surface area (Å²) in [6.07, 6.45) is 4.83. The smallest absolute Gasteiger partial charge is 0.288 e. The van der Waals surface area contributed by atoms with Gasteiger partial charge in [0.25, 0.3) is 5.91 Å². The molecule has 4 nitrogen and oxygen atoms in total. The quantitative estimate of drug-likeness (QED) is 0.673. The van der Waals surface area contributed by atoms with Crippen molar-refractivity contribution in [2.24, 2.45) is 0 Å². The van der Waals surface area contributed by atoms with Crippen LogP contribution >= 0.6 is 0 Å². The monoisotopic (exact) mass is 152 g/mol. The Kier molecular flexibility index (Phi) is 1.38. The van der Waals surface area contributed by atoms with Gasteiger partial charge in [0.05, 0.1) is 6.20 Å². The molecule has 0 atom stereocenters. The molecule has 11 heavy (non-hydrogen) atoms. The highest BCUT2D eigenvalue weighted by Gasteiger charge is 2.24. The Morgan fingerprint density at radius 3 is 3.09 bits per heavy atom. The van der Waals surface area contributed by atoms with E-state index in [1.54, 1.807) is 0 Å². The SMILES string of the molecule is O=C(NC1CC1)c1cnco1. The molecule has 0 spiro atoms. The largest absolute Gasteiger partial charge is 0.438 e. The maximum atomic E-state index is 11.1. The van der Waals surface area contributed by atoms with E-state index >= 15 is 0 Å². The van der Waals surface area contributed by atoms with Crippen molar-refractivity contribution in [3.8, 4) is 0 Å². The second kappa shape index (κ2) is 2.38. The van der Waals surface area contributed by atoms with Crippen LogP contribution in [0.1, 0.15) is 23.4 Å². The summed E-state index contributed by atoms with van der Waals surface area (Å²) >= 11 is 0. The number of hydrogen-bond acceptors (Lipinski definition) is 3. The van der Waals surface area contributed by atoms with Crippen molar-refractivity contribution in [2.45, 2.75) is 18.9 Å². The highest BCUT2D eigenvalue weighted by Crippen LogP contribution is 2.19. The molecule has 1 aromatic heterocycles. The van der Waals surface area contributed by atoms with Gasteiger partial charge in [-0.05, 0) is 12.8 Å². The lowest BCUT2D eigenvalue weighted by Crippen LogP contribution is -2.24. The minimum atomic E-state index is -0.162. The summed E-state index contributed by atoms with van der Waals surface area (Å²) in [5.74, 6) is 0.127. The molecule has 0 bridgehead atoms. The predicted molar refractivity (Wildman–Crippen MR) is 37.0 cm³/mol. The topological polar surface area (TPSA) is 55.1 Å². The third-order valence-corrected chi connectivity index (χ3v) is 1.57. The maximum absolute atomic E-state index is 11.1. The normalized spacial score (nSPS) is 16.4. The fourth-order valence-electron chi connectivity index (χ4n) is 0.812. The van der Waals surface area contributed by atoms with E-state index in [0.717, 1.165) is 12.8 Å². The molecule has 1 fully saturated rings. The molecule has 4 heteroatoms. The van der Waals surface area contributed by atoms with Crippen LogP contribution in [0.5, 0.6) is 0 Å². The van der Waals surface area contributed by atoms with Crippen LogP contribution in [-0.2, 0) is 0 Å². The summed E-state index contributed by atoms with van der Waals surface area (Å²) in [6, 6.07) is 0.368. The van der Waals surface area contributed by atoms with Crippen molar-refractivity contribution >= 4 is 5.91 Å². The van der Waals surface area contributed by atoms with Crippen molar-refractivity contribution in [3.05, 3.63) is 18.4 Å². The molecular weight excluding hydrogens is 144 g/mol. The fraction of sp³-hybridized carbons (Fsp3) is 0.429. The van der Waals surface area contributed by atoms with Gasteiger partial charge in [-0.1, -0.05) is 0 Å². The molecule has 1 amide bonds. The first kappa shape index (κ1) is 6.39. The molecule has 1 N–H and O–H groups in total. The molecule has 0 aromatic carbocycles. The molecule has 1 aliphatic carbocycles. The Hall–Kier alpha value is -1.32. The first-order valence-corrected chi connectivity index (χ1v) is 3.55. The van der Waals surface area contributed by atoms with Crippen LogP contribution in [0, 0.1) is 0 Å². The number of hydrogen-bond donors (Lipinski definition) is 1. The van der Waals surface area contributed by atoms with E-state index in [-0.39, 0.29) is 11.7 Å². The molecule has 0 unspecified atom stereocenters. The minimum absolute atomic E-state index is 0.162. The second-order valence-corrected chi connectivity index (χ2v) is 2.61. The average molecular weight is 152 g/mol. The lowest BCUT2D eigenvalue weighted by atomic mass is 10.4. The standard InChI is InChI=1S/C7H8N2O2/c10-7(9-5-1-2-5)6-3-8-4-11-6/h3-5H,1-2H2,(H,9,10). The van der Waals surface area contributed by atoms with Crippen molar-refractivity contribution in [1.29, 1.82) is 0 Å². The van der Waals surface area contributed by atoms with E-state index < -0.39 is 0 Å². The molecule has 58 valence electrons. The van der Waals surface area contributed by atoms with Gasteiger partial charge in [-0.3, -0.25) is 4.79 Å². The lowest BCUT2D eigenvalue weighted by Gasteiger charge is -1.96. The molecule has 1 aliphatic rings. The zero-order valence-electron chi connectivity index (χ0n) is 5.91. The summed E-state index contributed by atoms with van der Waals surface area (Å²) in [7, 11) is 0. The van der Waals surface area contributed by atoms with Gasteiger partial charge in [-0.15, -0.1) is 0 Å². The van der Waals surface area contributed by atoms with Crippen molar-refractivity contribution < 1.29 is 9.21 Å². The molecule has 1 aromatic rings. The highest BCUT2D eigenvalue weighted by atomic mass is 16.3. The number of nitrogens with zero attached hydrogens (tertiary/aromatic N) is 1. The van der Waals surface area contributed by atoms with Gasteiger partial charge in [-0.2, -0.15) is 0 Å². The zero-order chi connectivity index (χ0) is 7.68. The van der Waals surface area contributed by atoms with Crippen LogP contribution in [0.3, 0.4) is 0 Å². The lowest BCUT2D eigenvalue weighted by molar-refractivity contribution is 0.0923. The van der Waals surface area contributed by atoms with Crippen molar-refractivity contribution in [2.75, 3.05) is 0 Å². The fourth-order valence-corrected chi connectivity index (χ4v) is 0.812. The van der Waals surface area contributed by atoms with Gasteiger partial charge in [0, 0.05) is 6.04 Å². The van der Waals surface area contributed by atoms with E-state index in [4.69, 9.17) is 4.42 Å². The van der Waals surface area contributed by atoms with Crippen LogP contribution in [0.25, 0.3) is 0 Å². The van der Waals surface area contributed by atoms with Gasteiger partial charge >= 0.3 is 0 Å². The van der Waals surface area contributed by atoms with Crippen molar-refractivity contribution in [3.63, 3.8) is 0 Å². The summed E-state index contributed by atoms with van der Waals surface area (Å²) < 4.78 is 4.80. The molecule has 1 heterocycles. The van der Waals surface area contributed by atoms with Crippen molar-refractivity contribution in [1.82, 2.24) is 10.3 Å². The summed E-state index contributed by atoms with van der Waals surface area (Å²) in [4.78, 5) is 14.8. The summed E-state index contributed by atoms with van der Waals surface area (Å²) in [5, 5.41) is 2.78. The Bertz CT molecular complexity index is 251. The number of oxazole rings is 1. The molecule has 0 radical (unpaired) electrons. The maximum Gasteiger partial charge on any atom is 0.288 e. The van der Waals surface area contributed by atoms with E-state index in [1.165, 1.54) is 12.6 Å². The van der Waals surface area contributed by atoms with E-state index in [1.807, 2.05) is 0 Å². The minimum Gasteiger partial charge on any atom is -0.438 e. The number of aromatic nitrogens is 1. The first-order chi connectivity index (χ1) is 5.36. The van der Waals surface area contributed by atoms with E-state index in [0.29, 0.717) is 6.04 Å². The van der Waals surface area contributed by atoms with Gasteiger partial charge in [0.2, 0.25) is 5.76 Å². The van der Waals surface area contributed by atoms with Gasteiger partial charge in [0.1, 0.15) is 0 Å². The Morgan fingerprint density at radius 1 is 1.73 bits per heavy atom. The van der Waals surface area contributed by atoms with E-state index in [2.05, 4.69) is 10.3 Å². The number of carbonyl (C=O) groups excluding carboxylic acids is 1. The van der Waals surface area contributed by atoms with Crippen LogP contribution in [0.15, 0.2) is 17.0 Å².